The van der Waals surface area contributed by atoms with E-state index in [1.165, 1.54) is 0 Å². The van der Waals surface area contributed by atoms with Crippen LogP contribution < -0.4 is 11.1 Å². The second kappa shape index (κ2) is 5.36. The first-order valence-corrected chi connectivity index (χ1v) is 8.81. The first kappa shape index (κ1) is 14.7. The first-order chi connectivity index (χ1) is 8.88. The third-order valence-electron chi connectivity index (χ3n) is 4.32. The molecule has 2 fully saturated rings. The number of sulfone groups is 1. The topological polar surface area (TPSA) is 89.3 Å². The average molecular weight is 304 g/mol. The van der Waals surface area contributed by atoms with Gasteiger partial charge in [0.05, 0.1) is 21.4 Å². The van der Waals surface area contributed by atoms with Crippen LogP contribution in [-0.4, -0.2) is 36.9 Å². The van der Waals surface area contributed by atoms with Crippen molar-refractivity contribution in [3.05, 3.63) is 0 Å². The number of carbonyl (C=O) groups is 1. The van der Waals surface area contributed by atoms with Gasteiger partial charge in [0.15, 0.2) is 9.84 Å². The Morgan fingerprint density at radius 1 is 1.32 bits per heavy atom. The molecule has 2 rings (SSSR count). The average Bonchev–Trinajstić information content (AvgIpc) is 2.93. The lowest BCUT2D eigenvalue weighted by atomic mass is 9.85. The van der Waals surface area contributed by atoms with Gasteiger partial charge in [-0.2, -0.15) is 0 Å². The van der Waals surface area contributed by atoms with Crippen molar-refractivity contribution in [3.63, 3.8) is 0 Å². The van der Waals surface area contributed by atoms with Crippen LogP contribution in [0.15, 0.2) is 0 Å². The highest BCUT2D eigenvalue weighted by atomic mass is 32.2. The van der Waals surface area contributed by atoms with Gasteiger partial charge in [-0.25, -0.2) is 8.42 Å². The summed E-state index contributed by atoms with van der Waals surface area (Å²) in [5.41, 5.74) is 4.97. The third kappa shape index (κ3) is 2.76. The van der Waals surface area contributed by atoms with Crippen LogP contribution in [0.25, 0.3) is 0 Å². The maximum atomic E-state index is 12.3. The number of nitrogens with two attached hydrogens (primary N) is 1. The van der Waals surface area contributed by atoms with Crippen molar-refractivity contribution in [2.75, 3.05) is 12.3 Å². The molecule has 1 heterocycles. The zero-order chi connectivity index (χ0) is 14.1. The summed E-state index contributed by atoms with van der Waals surface area (Å²) in [4.78, 5) is 12.5. The Balaban J connectivity index is 1.99. The lowest BCUT2D eigenvalue weighted by Crippen LogP contribution is -2.49. The van der Waals surface area contributed by atoms with Crippen LogP contribution in [0.4, 0.5) is 0 Å². The van der Waals surface area contributed by atoms with Gasteiger partial charge in [0.1, 0.15) is 0 Å². The van der Waals surface area contributed by atoms with Gasteiger partial charge in [-0.1, -0.05) is 25.1 Å². The van der Waals surface area contributed by atoms with Gasteiger partial charge < -0.3 is 11.1 Å². The van der Waals surface area contributed by atoms with Crippen molar-refractivity contribution >= 4 is 33.0 Å². The van der Waals surface area contributed by atoms with E-state index < -0.39 is 20.5 Å². The zero-order valence-electron chi connectivity index (χ0n) is 10.9. The van der Waals surface area contributed by atoms with Crippen LogP contribution in [0.2, 0.25) is 0 Å². The monoisotopic (exact) mass is 304 g/mol. The van der Waals surface area contributed by atoms with E-state index in [1.807, 2.05) is 0 Å². The van der Waals surface area contributed by atoms with E-state index in [-0.39, 0.29) is 23.2 Å². The van der Waals surface area contributed by atoms with Gasteiger partial charge in [-0.15, -0.1) is 0 Å². The molecule has 0 aromatic rings. The highest BCUT2D eigenvalue weighted by molar-refractivity contribution is 7.92. The molecular formula is C12H20N2O3S2. The summed E-state index contributed by atoms with van der Waals surface area (Å²) in [5.74, 6) is 0.0353. The molecule has 1 atom stereocenters. The van der Waals surface area contributed by atoms with Crippen molar-refractivity contribution in [2.24, 2.45) is 11.1 Å². The molecule has 0 radical (unpaired) electrons. The van der Waals surface area contributed by atoms with E-state index in [4.69, 9.17) is 18.0 Å². The van der Waals surface area contributed by atoms with Crippen molar-refractivity contribution in [1.82, 2.24) is 5.32 Å². The Morgan fingerprint density at radius 2 is 1.95 bits per heavy atom. The van der Waals surface area contributed by atoms with E-state index in [0.717, 1.165) is 12.8 Å². The van der Waals surface area contributed by atoms with E-state index in [2.05, 4.69) is 5.32 Å². The van der Waals surface area contributed by atoms with Crippen molar-refractivity contribution in [3.8, 4) is 0 Å². The summed E-state index contributed by atoms with van der Waals surface area (Å²) < 4.78 is 23.4. The van der Waals surface area contributed by atoms with Crippen LogP contribution in [0.1, 0.15) is 38.5 Å². The van der Waals surface area contributed by atoms with Crippen molar-refractivity contribution in [1.29, 1.82) is 0 Å². The van der Waals surface area contributed by atoms with Crippen LogP contribution in [0.5, 0.6) is 0 Å². The molecule has 1 unspecified atom stereocenters. The summed E-state index contributed by atoms with van der Waals surface area (Å²) in [6.07, 6.45) is 4.53. The summed E-state index contributed by atoms with van der Waals surface area (Å²) >= 11 is 5.04. The van der Waals surface area contributed by atoms with E-state index >= 15 is 0 Å². The SMILES string of the molecule is NC(=S)C1(C(=O)NCC2CCCS2(=O)=O)CCCC1. The van der Waals surface area contributed by atoms with Gasteiger partial charge in [-0.05, 0) is 25.7 Å². The zero-order valence-corrected chi connectivity index (χ0v) is 12.5. The predicted molar refractivity (Wildman–Crippen MR) is 77.5 cm³/mol. The second-order valence-electron chi connectivity index (χ2n) is 5.49. The van der Waals surface area contributed by atoms with E-state index in [1.54, 1.807) is 0 Å². The Kier molecular flexibility index (Phi) is 4.15. The largest absolute Gasteiger partial charge is 0.392 e. The number of hydrogen-bond acceptors (Lipinski definition) is 4. The van der Waals surface area contributed by atoms with Crippen LogP contribution in [-0.2, 0) is 14.6 Å². The Labute approximate surface area is 119 Å². The van der Waals surface area contributed by atoms with Crippen LogP contribution in [0, 0.1) is 5.41 Å². The summed E-state index contributed by atoms with van der Waals surface area (Å²) in [5, 5.41) is 2.32. The molecule has 1 saturated heterocycles. The lowest BCUT2D eigenvalue weighted by molar-refractivity contribution is -0.127. The number of carbonyl (C=O) groups excluding carboxylic acids is 1. The minimum Gasteiger partial charge on any atom is -0.392 e. The van der Waals surface area contributed by atoms with Crippen molar-refractivity contribution in [2.45, 2.75) is 43.8 Å². The third-order valence-corrected chi connectivity index (χ3v) is 6.98. The van der Waals surface area contributed by atoms with Gasteiger partial charge in [0, 0.05) is 6.54 Å². The fourth-order valence-corrected chi connectivity index (χ4v) is 5.09. The molecule has 7 heteroatoms. The minimum atomic E-state index is -3.03. The summed E-state index contributed by atoms with van der Waals surface area (Å²) in [6, 6.07) is 0. The molecule has 19 heavy (non-hydrogen) atoms. The van der Waals surface area contributed by atoms with E-state index in [9.17, 15) is 13.2 Å². The van der Waals surface area contributed by atoms with Crippen LogP contribution in [0.3, 0.4) is 0 Å². The Morgan fingerprint density at radius 3 is 2.42 bits per heavy atom. The number of thiocarbonyl (C=S) groups is 1. The standard InChI is InChI=1S/C12H20N2O3S2/c13-10(18)12(5-1-2-6-12)11(15)14-8-9-4-3-7-19(9,16)17/h9H,1-8H2,(H2,13,18)(H,14,15). The van der Waals surface area contributed by atoms with Gasteiger partial charge in [-0.3, -0.25) is 4.79 Å². The number of rotatable bonds is 4. The molecule has 1 amide bonds. The second-order valence-corrected chi connectivity index (χ2v) is 8.34. The van der Waals surface area contributed by atoms with Gasteiger partial charge in [0.2, 0.25) is 5.91 Å². The molecule has 0 bridgehead atoms. The molecule has 0 aromatic carbocycles. The fourth-order valence-electron chi connectivity index (χ4n) is 3.03. The van der Waals surface area contributed by atoms with Gasteiger partial charge >= 0.3 is 0 Å². The highest BCUT2D eigenvalue weighted by Crippen LogP contribution is 2.38. The molecular weight excluding hydrogens is 284 g/mol. The smallest absolute Gasteiger partial charge is 0.233 e. The number of nitrogens with one attached hydrogen (secondary N) is 1. The van der Waals surface area contributed by atoms with E-state index in [0.29, 0.717) is 25.7 Å². The molecule has 3 N–H and O–H groups in total. The molecule has 0 aromatic heterocycles. The number of hydrogen-bond donors (Lipinski definition) is 2. The molecule has 1 aliphatic carbocycles. The van der Waals surface area contributed by atoms with Gasteiger partial charge in [0.25, 0.3) is 0 Å². The molecule has 5 nitrogen and oxygen atoms in total. The lowest BCUT2D eigenvalue weighted by Gasteiger charge is -2.26. The summed E-state index contributed by atoms with van der Waals surface area (Å²) in [7, 11) is -3.03. The fraction of sp³-hybridized carbons (Fsp3) is 0.833. The molecule has 1 aliphatic heterocycles. The maximum Gasteiger partial charge on any atom is 0.233 e. The van der Waals surface area contributed by atoms with Crippen LogP contribution >= 0.6 is 12.2 Å². The first-order valence-electron chi connectivity index (χ1n) is 6.68. The Hall–Kier alpha value is -0.690. The number of amides is 1. The Bertz CT molecular complexity index is 481. The molecule has 1 saturated carbocycles. The predicted octanol–water partition coefficient (Wildman–Crippen LogP) is 0.526. The minimum absolute atomic E-state index is 0.186. The summed E-state index contributed by atoms with van der Waals surface area (Å²) in [6.45, 7) is 0.186. The maximum absolute atomic E-state index is 12.3. The highest BCUT2D eigenvalue weighted by Gasteiger charge is 2.44. The van der Waals surface area contributed by atoms with Crippen molar-refractivity contribution < 1.29 is 13.2 Å². The molecule has 0 spiro atoms. The quantitative estimate of drug-likeness (QED) is 0.739. The molecule has 2 aliphatic rings. The molecule has 108 valence electrons. The normalized spacial score (nSPS) is 28.1.